The van der Waals surface area contributed by atoms with E-state index in [4.69, 9.17) is 21.7 Å². The normalized spacial score (nSPS) is 10.5. The Kier molecular flexibility index (Phi) is 9.98. The SMILES string of the molecule is CC[NH+](CC)CCOC(=O)c1ccc(NC(=S)NCCOC)cc1. The molecule has 0 aliphatic rings. The summed E-state index contributed by atoms with van der Waals surface area (Å²) in [5.41, 5.74) is 1.35. The second kappa shape index (κ2) is 11.8. The fourth-order valence-electron chi connectivity index (χ4n) is 2.11. The number of methoxy groups -OCH3 is 1. The standard InChI is InChI=1S/C17H27N3O3S/c1-4-20(5-2)11-13-23-16(21)14-6-8-15(9-7-14)19-17(24)18-10-12-22-3/h6-9H,4-5,10-13H2,1-3H3,(H2,18,19,24)/p+1. The number of quaternary nitrogens is 1. The van der Waals surface area contributed by atoms with Gasteiger partial charge in [0.15, 0.2) is 5.11 Å². The van der Waals surface area contributed by atoms with Gasteiger partial charge in [-0.15, -0.1) is 0 Å². The van der Waals surface area contributed by atoms with E-state index in [-0.39, 0.29) is 5.97 Å². The highest BCUT2D eigenvalue weighted by Gasteiger charge is 2.09. The number of benzene rings is 1. The van der Waals surface area contributed by atoms with Crippen molar-refractivity contribution in [1.82, 2.24) is 5.32 Å². The number of esters is 1. The zero-order chi connectivity index (χ0) is 17.8. The lowest BCUT2D eigenvalue weighted by Gasteiger charge is -2.15. The topological polar surface area (TPSA) is 64.0 Å². The van der Waals surface area contributed by atoms with Gasteiger partial charge in [-0.1, -0.05) is 0 Å². The maximum absolute atomic E-state index is 12.0. The average molecular weight is 354 g/mol. The van der Waals surface area contributed by atoms with Crippen LogP contribution in [0.15, 0.2) is 24.3 Å². The first-order chi connectivity index (χ1) is 11.6. The Balaban J connectivity index is 2.40. The number of ether oxygens (including phenoxy) is 2. The van der Waals surface area contributed by atoms with E-state index in [9.17, 15) is 4.79 Å². The van der Waals surface area contributed by atoms with Crippen LogP contribution in [0.4, 0.5) is 5.69 Å². The van der Waals surface area contributed by atoms with Gasteiger partial charge in [-0.25, -0.2) is 4.79 Å². The van der Waals surface area contributed by atoms with Gasteiger partial charge >= 0.3 is 5.97 Å². The summed E-state index contributed by atoms with van der Waals surface area (Å²) in [6.45, 7) is 8.81. The number of carbonyl (C=O) groups is 1. The number of carbonyl (C=O) groups excluding carboxylic acids is 1. The molecule has 0 unspecified atom stereocenters. The first-order valence-corrected chi connectivity index (χ1v) is 8.66. The predicted octanol–water partition coefficient (Wildman–Crippen LogP) is 0.701. The highest BCUT2D eigenvalue weighted by molar-refractivity contribution is 7.80. The molecule has 24 heavy (non-hydrogen) atoms. The van der Waals surface area contributed by atoms with Gasteiger partial charge in [-0.3, -0.25) is 0 Å². The van der Waals surface area contributed by atoms with Crippen LogP contribution in [0.1, 0.15) is 24.2 Å². The van der Waals surface area contributed by atoms with Crippen LogP contribution in [0.5, 0.6) is 0 Å². The molecule has 134 valence electrons. The molecule has 0 aliphatic heterocycles. The molecule has 0 spiro atoms. The molecule has 1 aromatic carbocycles. The van der Waals surface area contributed by atoms with Gasteiger partial charge in [0.25, 0.3) is 0 Å². The van der Waals surface area contributed by atoms with E-state index in [1.54, 1.807) is 31.4 Å². The lowest BCUT2D eigenvalue weighted by atomic mass is 10.2. The van der Waals surface area contributed by atoms with Crippen LogP contribution >= 0.6 is 12.2 Å². The van der Waals surface area contributed by atoms with Gasteiger partial charge in [0, 0.05) is 19.3 Å². The van der Waals surface area contributed by atoms with Crippen molar-refractivity contribution < 1.29 is 19.2 Å². The Hall–Kier alpha value is -1.70. The molecule has 1 aromatic rings. The van der Waals surface area contributed by atoms with Crippen molar-refractivity contribution in [2.45, 2.75) is 13.8 Å². The van der Waals surface area contributed by atoms with E-state index < -0.39 is 0 Å². The molecule has 6 nitrogen and oxygen atoms in total. The van der Waals surface area contributed by atoms with Crippen molar-refractivity contribution in [2.24, 2.45) is 0 Å². The molecular weight excluding hydrogens is 326 g/mol. The van der Waals surface area contributed by atoms with Gasteiger partial charge in [-0.05, 0) is 50.3 Å². The third kappa shape index (κ3) is 7.72. The Morgan fingerprint density at radius 1 is 1.17 bits per heavy atom. The number of hydrogen-bond donors (Lipinski definition) is 3. The summed E-state index contributed by atoms with van der Waals surface area (Å²) in [7, 11) is 1.64. The largest absolute Gasteiger partial charge is 0.456 e. The van der Waals surface area contributed by atoms with E-state index in [0.717, 1.165) is 25.3 Å². The number of anilines is 1. The van der Waals surface area contributed by atoms with Crippen LogP contribution in [0.25, 0.3) is 0 Å². The highest BCUT2D eigenvalue weighted by atomic mass is 32.1. The van der Waals surface area contributed by atoms with Crippen LogP contribution in [-0.2, 0) is 9.47 Å². The Labute approximate surface area is 149 Å². The minimum Gasteiger partial charge on any atom is -0.456 e. The summed E-state index contributed by atoms with van der Waals surface area (Å²) in [4.78, 5) is 13.4. The molecule has 3 N–H and O–H groups in total. The third-order valence-electron chi connectivity index (χ3n) is 3.66. The zero-order valence-electron chi connectivity index (χ0n) is 14.7. The molecule has 0 fully saturated rings. The number of thiocarbonyl (C=S) groups is 1. The lowest BCUT2D eigenvalue weighted by molar-refractivity contribution is -0.896. The van der Waals surface area contributed by atoms with E-state index in [2.05, 4.69) is 24.5 Å². The van der Waals surface area contributed by atoms with E-state index in [1.165, 1.54) is 4.90 Å². The number of likely N-dealkylation sites (N-methyl/N-ethyl adjacent to an activating group) is 1. The molecule has 0 atom stereocenters. The van der Waals surface area contributed by atoms with Crippen molar-refractivity contribution in [3.63, 3.8) is 0 Å². The van der Waals surface area contributed by atoms with Gasteiger partial charge < -0.3 is 25.0 Å². The molecule has 1 rings (SSSR count). The lowest BCUT2D eigenvalue weighted by Crippen LogP contribution is -3.11. The Bertz CT molecular complexity index is 504. The van der Waals surface area contributed by atoms with Crippen LogP contribution in [0.2, 0.25) is 0 Å². The van der Waals surface area contributed by atoms with Crippen molar-refractivity contribution in [1.29, 1.82) is 0 Å². The molecule has 0 saturated heterocycles. The molecule has 0 amide bonds. The van der Waals surface area contributed by atoms with E-state index >= 15 is 0 Å². The quantitative estimate of drug-likeness (QED) is 0.327. The summed E-state index contributed by atoms with van der Waals surface area (Å²) >= 11 is 5.17. The molecule has 7 heteroatoms. The van der Waals surface area contributed by atoms with Crippen molar-refractivity contribution in [2.75, 3.05) is 51.8 Å². The number of rotatable bonds is 10. The van der Waals surface area contributed by atoms with Gasteiger partial charge in [0.05, 0.1) is 25.3 Å². The minimum atomic E-state index is -0.297. The summed E-state index contributed by atoms with van der Waals surface area (Å²) < 4.78 is 10.3. The molecule has 0 heterocycles. The number of hydrogen-bond acceptors (Lipinski definition) is 4. The van der Waals surface area contributed by atoms with Crippen LogP contribution in [-0.4, -0.2) is 57.6 Å². The predicted molar refractivity (Wildman–Crippen MR) is 99.7 cm³/mol. The maximum atomic E-state index is 12.0. The van der Waals surface area contributed by atoms with Crippen molar-refractivity contribution in [3.8, 4) is 0 Å². The third-order valence-corrected chi connectivity index (χ3v) is 3.91. The number of nitrogens with one attached hydrogen (secondary N) is 3. The summed E-state index contributed by atoms with van der Waals surface area (Å²) in [6.07, 6.45) is 0. The minimum absolute atomic E-state index is 0.297. The van der Waals surface area contributed by atoms with Gasteiger partial charge in [0.1, 0.15) is 13.2 Å². The van der Waals surface area contributed by atoms with E-state index in [0.29, 0.717) is 30.4 Å². The first-order valence-electron chi connectivity index (χ1n) is 8.25. The molecule has 0 bridgehead atoms. The summed E-state index contributed by atoms with van der Waals surface area (Å²) in [6, 6.07) is 7.06. The average Bonchev–Trinajstić information content (AvgIpc) is 2.59. The first kappa shape index (κ1) is 20.3. The highest BCUT2D eigenvalue weighted by Crippen LogP contribution is 2.10. The Morgan fingerprint density at radius 3 is 2.42 bits per heavy atom. The zero-order valence-corrected chi connectivity index (χ0v) is 15.5. The van der Waals surface area contributed by atoms with Crippen molar-refractivity contribution >= 4 is 29.0 Å². The van der Waals surface area contributed by atoms with E-state index in [1.807, 2.05) is 0 Å². The molecule has 0 radical (unpaired) electrons. The monoisotopic (exact) mass is 354 g/mol. The molecule has 0 saturated carbocycles. The van der Waals surface area contributed by atoms with Crippen LogP contribution < -0.4 is 15.5 Å². The fraction of sp³-hybridized carbons (Fsp3) is 0.529. The van der Waals surface area contributed by atoms with Crippen LogP contribution in [0, 0.1) is 0 Å². The molecular formula is C17H28N3O3S+. The molecule has 0 aromatic heterocycles. The smallest absolute Gasteiger partial charge is 0.338 e. The second-order valence-corrected chi connectivity index (χ2v) is 5.70. The maximum Gasteiger partial charge on any atom is 0.338 e. The molecule has 0 aliphatic carbocycles. The van der Waals surface area contributed by atoms with Crippen LogP contribution in [0.3, 0.4) is 0 Å². The van der Waals surface area contributed by atoms with Gasteiger partial charge in [-0.2, -0.15) is 0 Å². The second-order valence-electron chi connectivity index (χ2n) is 5.29. The Morgan fingerprint density at radius 2 is 1.83 bits per heavy atom. The summed E-state index contributed by atoms with van der Waals surface area (Å²) in [5, 5.41) is 6.59. The van der Waals surface area contributed by atoms with Gasteiger partial charge in [0.2, 0.25) is 0 Å². The fourth-order valence-corrected chi connectivity index (χ4v) is 2.33. The van der Waals surface area contributed by atoms with Crippen molar-refractivity contribution in [3.05, 3.63) is 29.8 Å². The summed E-state index contributed by atoms with van der Waals surface area (Å²) in [5.74, 6) is -0.297.